The number of carbonyl (C=O) groups is 2. The molecule has 20 heavy (non-hydrogen) atoms. The second kappa shape index (κ2) is 7.22. The maximum Gasteiger partial charge on any atom is 0.328 e. The van der Waals surface area contributed by atoms with Crippen molar-refractivity contribution in [1.29, 1.82) is 0 Å². The van der Waals surface area contributed by atoms with Crippen molar-refractivity contribution in [2.45, 2.75) is 19.8 Å². The molecule has 0 radical (unpaired) electrons. The van der Waals surface area contributed by atoms with Crippen LogP contribution in [0.4, 0.5) is 5.95 Å². The second-order valence-electron chi connectivity index (χ2n) is 3.48. The lowest BCUT2D eigenvalue weighted by molar-refractivity contribution is -0.157. The predicted octanol–water partition coefficient (Wildman–Crippen LogP) is -0.328. The highest BCUT2D eigenvalue weighted by Gasteiger charge is 2.35. The molecule has 0 unspecified atom stereocenters. The van der Waals surface area contributed by atoms with E-state index in [1.165, 1.54) is 7.11 Å². The van der Waals surface area contributed by atoms with Crippen LogP contribution in [0, 0.1) is 0 Å². The van der Waals surface area contributed by atoms with Crippen molar-refractivity contribution < 1.29 is 23.8 Å². The molecular formula is C11H16N4O5. The van der Waals surface area contributed by atoms with Gasteiger partial charge in [0.05, 0.1) is 20.3 Å². The average molecular weight is 284 g/mol. The summed E-state index contributed by atoms with van der Waals surface area (Å²) < 4.78 is 14.5. The van der Waals surface area contributed by atoms with E-state index in [9.17, 15) is 9.59 Å². The van der Waals surface area contributed by atoms with Crippen LogP contribution in [0.1, 0.15) is 25.6 Å². The molecule has 2 N–H and O–H groups in total. The second-order valence-corrected chi connectivity index (χ2v) is 3.48. The number of aromatic nitrogens is 3. The zero-order valence-electron chi connectivity index (χ0n) is 11.5. The van der Waals surface area contributed by atoms with Crippen LogP contribution in [0.25, 0.3) is 0 Å². The quantitative estimate of drug-likeness (QED) is 0.551. The maximum absolute atomic E-state index is 11.9. The van der Waals surface area contributed by atoms with Gasteiger partial charge in [-0.15, -0.1) is 0 Å². The monoisotopic (exact) mass is 284 g/mol. The Kier molecular flexibility index (Phi) is 5.63. The molecule has 0 aliphatic rings. The van der Waals surface area contributed by atoms with Gasteiger partial charge in [-0.2, -0.15) is 15.0 Å². The lowest BCUT2D eigenvalue weighted by Gasteiger charge is -2.13. The molecule has 0 atom stereocenters. The number of anilines is 1. The number of hydrogen-bond acceptors (Lipinski definition) is 9. The minimum absolute atomic E-state index is 0.104. The van der Waals surface area contributed by atoms with Crippen LogP contribution in [0.5, 0.6) is 6.01 Å². The molecule has 9 nitrogen and oxygen atoms in total. The third-order valence-electron chi connectivity index (χ3n) is 2.13. The highest BCUT2D eigenvalue weighted by Crippen LogP contribution is 2.18. The van der Waals surface area contributed by atoms with Gasteiger partial charge in [-0.05, 0) is 13.8 Å². The van der Waals surface area contributed by atoms with Crippen molar-refractivity contribution in [2.24, 2.45) is 0 Å². The van der Waals surface area contributed by atoms with E-state index >= 15 is 0 Å². The number of methoxy groups -OCH3 is 1. The Bertz CT molecular complexity index is 476. The Hall–Kier alpha value is -2.45. The van der Waals surface area contributed by atoms with Gasteiger partial charge in [-0.25, -0.2) is 0 Å². The Labute approximate surface area is 115 Å². The van der Waals surface area contributed by atoms with Gasteiger partial charge in [0.25, 0.3) is 0 Å². The molecule has 0 aliphatic carbocycles. The normalized spacial score (nSPS) is 10.2. The van der Waals surface area contributed by atoms with Gasteiger partial charge < -0.3 is 19.9 Å². The van der Waals surface area contributed by atoms with Crippen molar-refractivity contribution >= 4 is 17.9 Å². The third-order valence-corrected chi connectivity index (χ3v) is 2.13. The van der Waals surface area contributed by atoms with Gasteiger partial charge >= 0.3 is 17.9 Å². The highest BCUT2D eigenvalue weighted by atomic mass is 16.6. The molecule has 1 rings (SSSR count). The fourth-order valence-electron chi connectivity index (χ4n) is 1.37. The number of nitrogens with two attached hydrogens (primary N) is 1. The van der Waals surface area contributed by atoms with Crippen LogP contribution < -0.4 is 10.5 Å². The summed E-state index contributed by atoms with van der Waals surface area (Å²) in [6.45, 7) is 3.43. The summed E-state index contributed by atoms with van der Waals surface area (Å²) in [5, 5.41) is 0. The number of nitrogen functional groups attached to an aromatic ring is 1. The largest absolute Gasteiger partial charge is 0.467 e. The Balaban J connectivity index is 3.18. The predicted molar refractivity (Wildman–Crippen MR) is 66.8 cm³/mol. The van der Waals surface area contributed by atoms with E-state index in [-0.39, 0.29) is 31.0 Å². The van der Waals surface area contributed by atoms with Gasteiger partial charge in [-0.1, -0.05) is 0 Å². The van der Waals surface area contributed by atoms with Crippen molar-refractivity contribution in [3.8, 4) is 6.01 Å². The summed E-state index contributed by atoms with van der Waals surface area (Å²) in [5.41, 5.74) is 5.47. The first-order valence-corrected chi connectivity index (χ1v) is 5.92. The smallest absolute Gasteiger partial charge is 0.328 e. The fourth-order valence-corrected chi connectivity index (χ4v) is 1.37. The van der Waals surface area contributed by atoms with Crippen molar-refractivity contribution in [1.82, 2.24) is 15.0 Å². The number of esters is 2. The summed E-state index contributed by atoms with van der Waals surface area (Å²) in [6, 6.07) is -0.105. The van der Waals surface area contributed by atoms with E-state index in [2.05, 4.69) is 15.0 Å². The zero-order valence-corrected chi connectivity index (χ0v) is 11.5. The molecule has 1 aromatic rings. The summed E-state index contributed by atoms with van der Waals surface area (Å²) in [6.07, 6.45) is 0. The number of ether oxygens (including phenoxy) is 3. The first-order valence-electron chi connectivity index (χ1n) is 5.92. The Morgan fingerprint density at radius 3 is 2.10 bits per heavy atom. The van der Waals surface area contributed by atoms with E-state index in [0.29, 0.717) is 0 Å². The highest BCUT2D eigenvalue weighted by molar-refractivity contribution is 6.00. The van der Waals surface area contributed by atoms with Gasteiger partial charge in [-0.3, -0.25) is 9.59 Å². The lowest BCUT2D eigenvalue weighted by atomic mass is 10.1. The van der Waals surface area contributed by atoms with Crippen LogP contribution >= 0.6 is 0 Å². The van der Waals surface area contributed by atoms with Gasteiger partial charge in [0, 0.05) is 0 Å². The molecule has 0 aliphatic heterocycles. The molecule has 0 amide bonds. The number of rotatable bonds is 6. The van der Waals surface area contributed by atoms with Crippen molar-refractivity contribution in [3.05, 3.63) is 5.82 Å². The summed E-state index contributed by atoms with van der Waals surface area (Å²) >= 11 is 0. The SMILES string of the molecule is CCOC(=O)C(C(=O)OCC)c1nc(N)nc(OC)n1. The number of hydrogen-bond donors (Lipinski definition) is 1. The van der Waals surface area contributed by atoms with Gasteiger partial charge in [0.2, 0.25) is 11.9 Å². The van der Waals surface area contributed by atoms with E-state index in [1.807, 2.05) is 0 Å². The molecule has 110 valence electrons. The third kappa shape index (κ3) is 3.77. The van der Waals surface area contributed by atoms with Gasteiger partial charge in [0.1, 0.15) is 0 Å². The minimum atomic E-state index is -1.42. The van der Waals surface area contributed by atoms with Crippen LogP contribution in [0.15, 0.2) is 0 Å². The number of carbonyl (C=O) groups excluding carboxylic acids is 2. The van der Waals surface area contributed by atoms with Crippen molar-refractivity contribution in [3.63, 3.8) is 0 Å². The Morgan fingerprint density at radius 2 is 1.65 bits per heavy atom. The molecule has 1 heterocycles. The van der Waals surface area contributed by atoms with Crippen LogP contribution in [0.3, 0.4) is 0 Å². The van der Waals surface area contributed by atoms with E-state index in [0.717, 1.165) is 0 Å². The standard InChI is InChI=1S/C11H16N4O5/c1-4-19-8(16)6(9(17)20-5-2)7-13-10(12)15-11(14-7)18-3/h6H,4-5H2,1-3H3,(H2,12,13,14,15). The van der Waals surface area contributed by atoms with Crippen LogP contribution in [-0.4, -0.2) is 47.2 Å². The van der Waals surface area contributed by atoms with E-state index in [1.54, 1.807) is 13.8 Å². The molecule has 0 aromatic carbocycles. The average Bonchev–Trinajstić information content (AvgIpc) is 2.38. The Morgan fingerprint density at radius 1 is 1.10 bits per heavy atom. The fraction of sp³-hybridized carbons (Fsp3) is 0.545. The summed E-state index contributed by atoms with van der Waals surface area (Å²) in [4.78, 5) is 35.0. The number of nitrogens with zero attached hydrogens (tertiary/aromatic N) is 3. The molecule has 9 heteroatoms. The zero-order chi connectivity index (χ0) is 15.1. The maximum atomic E-state index is 11.9. The minimum Gasteiger partial charge on any atom is -0.467 e. The van der Waals surface area contributed by atoms with E-state index < -0.39 is 17.9 Å². The summed E-state index contributed by atoms with van der Waals surface area (Å²) in [7, 11) is 1.32. The lowest BCUT2D eigenvalue weighted by Crippen LogP contribution is -2.28. The van der Waals surface area contributed by atoms with Gasteiger partial charge in [0.15, 0.2) is 5.82 Å². The molecule has 0 saturated heterocycles. The van der Waals surface area contributed by atoms with Crippen molar-refractivity contribution in [2.75, 3.05) is 26.1 Å². The molecule has 0 saturated carbocycles. The molecular weight excluding hydrogens is 268 g/mol. The molecule has 0 fully saturated rings. The van der Waals surface area contributed by atoms with Crippen LogP contribution in [-0.2, 0) is 19.1 Å². The summed E-state index contributed by atoms with van der Waals surface area (Å²) in [5.74, 6) is -3.41. The molecule has 1 aromatic heterocycles. The van der Waals surface area contributed by atoms with Crippen LogP contribution in [0.2, 0.25) is 0 Å². The molecule has 0 spiro atoms. The first kappa shape index (κ1) is 15.6. The first-order chi connectivity index (χ1) is 9.53. The topological polar surface area (TPSA) is 127 Å². The van der Waals surface area contributed by atoms with E-state index in [4.69, 9.17) is 19.9 Å². The molecule has 0 bridgehead atoms.